The van der Waals surface area contributed by atoms with Crippen LogP contribution in [0.3, 0.4) is 0 Å². The largest absolute Gasteiger partial charge is 0.465 e. The average Bonchev–Trinajstić information content (AvgIpc) is 3.27. The van der Waals surface area contributed by atoms with Gasteiger partial charge in [0.1, 0.15) is 5.76 Å². The van der Waals surface area contributed by atoms with E-state index in [2.05, 4.69) is 10.6 Å². The van der Waals surface area contributed by atoms with Gasteiger partial charge in [-0.2, -0.15) is 0 Å². The van der Waals surface area contributed by atoms with Crippen molar-refractivity contribution in [3.05, 3.63) is 54.5 Å². The lowest BCUT2D eigenvalue weighted by Crippen LogP contribution is -2.32. The Balaban J connectivity index is 1.58. The van der Waals surface area contributed by atoms with Crippen LogP contribution in [0.15, 0.2) is 53.2 Å². The summed E-state index contributed by atoms with van der Waals surface area (Å²) >= 11 is 0. The van der Waals surface area contributed by atoms with E-state index in [-0.39, 0.29) is 11.9 Å². The number of urea groups is 1. The van der Waals surface area contributed by atoms with Gasteiger partial charge in [-0.05, 0) is 49.2 Å². The Kier molecular flexibility index (Phi) is 4.96. The van der Waals surface area contributed by atoms with Crippen molar-refractivity contribution in [2.24, 2.45) is 0 Å². The number of hydrogen-bond acceptors (Lipinski definition) is 3. The summed E-state index contributed by atoms with van der Waals surface area (Å²) in [6, 6.07) is 10.5. The number of amides is 3. The van der Waals surface area contributed by atoms with Gasteiger partial charge in [-0.3, -0.25) is 4.79 Å². The van der Waals surface area contributed by atoms with Crippen LogP contribution in [-0.4, -0.2) is 29.9 Å². The molecule has 2 aromatic rings. The predicted octanol–water partition coefficient (Wildman–Crippen LogP) is 3.56. The summed E-state index contributed by atoms with van der Waals surface area (Å²) < 4.78 is 5.13. The number of nitrogens with zero attached hydrogens (tertiary/aromatic N) is 1. The van der Waals surface area contributed by atoms with Crippen LogP contribution in [0, 0.1) is 0 Å². The molecule has 0 radical (unpaired) electrons. The lowest BCUT2D eigenvalue weighted by Gasteiger charge is -2.16. The maximum Gasteiger partial charge on any atom is 0.321 e. The van der Waals surface area contributed by atoms with E-state index in [0.29, 0.717) is 17.1 Å². The Morgan fingerprint density at radius 3 is 2.50 bits per heavy atom. The number of nitrogens with one attached hydrogen (secondary N) is 2. The molecule has 1 aromatic heterocycles. The summed E-state index contributed by atoms with van der Waals surface area (Å²) in [5, 5.41) is 5.61. The minimum absolute atomic E-state index is 0.103. The van der Waals surface area contributed by atoms with Crippen molar-refractivity contribution in [2.75, 3.05) is 23.7 Å². The molecular weight excluding hydrogens is 306 g/mol. The molecule has 1 aliphatic heterocycles. The van der Waals surface area contributed by atoms with Crippen molar-refractivity contribution in [1.82, 2.24) is 4.90 Å². The molecule has 3 amide bonds. The summed E-state index contributed by atoms with van der Waals surface area (Å²) in [5.41, 5.74) is 1.27. The molecule has 6 nitrogen and oxygen atoms in total. The molecule has 2 N–H and O–H groups in total. The molecule has 1 aliphatic rings. The Hall–Kier alpha value is -3.02. The molecule has 0 atom stereocenters. The molecule has 2 heterocycles. The first-order chi connectivity index (χ1) is 11.7. The number of carbonyl (C=O) groups is 2. The Labute approximate surface area is 140 Å². The van der Waals surface area contributed by atoms with Crippen molar-refractivity contribution < 1.29 is 14.0 Å². The summed E-state index contributed by atoms with van der Waals surface area (Å²) in [5.74, 6) is 0.339. The molecular formula is C18H19N3O3. The van der Waals surface area contributed by atoms with Gasteiger partial charge in [0.05, 0.1) is 6.26 Å². The molecule has 24 heavy (non-hydrogen) atoms. The molecule has 1 saturated heterocycles. The van der Waals surface area contributed by atoms with Crippen molar-refractivity contribution in [2.45, 2.75) is 12.8 Å². The van der Waals surface area contributed by atoms with Crippen LogP contribution in [0.2, 0.25) is 0 Å². The number of benzene rings is 1. The molecule has 0 spiro atoms. The van der Waals surface area contributed by atoms with Crippen LogP contribution in [0.1, 0.15) is 18.6 Å². The highest BCUT2D eigenvalue weighted by atomic mass is 16.3. The van der Waals surface area contributed by atoms with Gasteiger partial charge in [0, 0.05) is 30.5 Å². The van der Waals surface area contributed by atoms with Gasteiger partial charge in [-0.1, -0.05) is 6.07 Å². The quantitative estimate of drug-likeness (QED) is 0.844. The summed E-state index contributed by atoms with van der Waals surface area (Å²) in [4.78, 5) is 25.8. The smallest absolute Gasteiger partial charge is 0.321 e. The zero-order chi connectivity index (χ0) is 16.8. The molecule has 0 bridgehead atoms. The zero-order valence-electron chi connectivity index (χ0n) is 13.2. The van der Waals surface area contributed by atoms with Crippen LogP contribution in [0.25, 0.3) is 6.08 Å². The highest BCUT2D eigenvalue weighted by Gasteiger charge is 2.17. The zero-order valence-corrected chi connectivity index (χ0v) is 13.2. The molecule has 1 aromatic carbocycles. The molecule has 1 fully saturated rings. The minimum atomic E-state index is -0.269. The van der Waals surface area contributed by atoms with E-state index in [1.165, 1.54) is 6.08 Å². The second kappa shape index (κ2) is 7.50. The molecule has 124 valence electrons. The lowest BCUT2D eigenvalue weighted by molar-refractivity contribution is -0.111. The van der Waals surface area contributed by atoms with E-state index in [1.807, 2.05) is 0 Å². The highest BCUT2D eigenvalue weighted by molar-refractivity contribution is 6.02. The fourth-order valence-corrected chi connectivity index (χ4v) is 2.53. The van der Waals surface area contributed by atoms with E-state index in [4.69, 9.17) is 4.42 Å². The maximum absolute atomic E-state index is 12.1. The number of hydrogen-bond donors (Lipinski definition) is 2. The van der Waals surface area contributed by atoms with Crippen LogP contribution in [0.4, 0.5) is 16.2 Å². The normalized spacial score (nSPS) is 14.1. The van der Waals surface area contributed by atoms with Crippen molar-refractivity contribution in [1.29, 1.82) is 0 Å². The highest BCUT2D eigenvalue weighted by Crippen LogP contribution is 2.17. The topological polar surface area (TPSA) is 74.6 Å². The average molecular weight is 325 g/mol. The molecule has 0 unspecified atom stereocenters. The van der Waals surface area contributed by atoms with Gasteiger partial charge in [0.15, 0.2) is 0 Å². The van der Waals surface area contributed by atoms with Crippen molar-refractivity contribution >= 4 is 29.4 Å². The maximum atomic E-state index is 12.1. The predicted molar refractivity (Wildman–Crippen MR) is 92.6 cm³/mol. The molecule has 0 aliphatic carbocycles. The Bertz CT molecular complexity index is 732. The first-order valence-electron chi connectivity index (χ1n) is 7.89. The minimum Gasteiger partial charge on any atom is -0.465 e. The monoisotopic (exact) mass is 325 g/mol. The number of anilines is 2. The summed E-state index contributed by atoms with van der Waals surface area (Å²) in [7, 11) is 0. The summed E-state index contributed by atoms with van der Waals surface area (Å²) in [6.07, 6.45) is 6.63. The number of likely N-dealkylation sites (tertiary alicyclic amines) is 1. The lowest BCUT2D eigenvalue weighted by atomic mass is 10.2. The van der Waals surface area contributed by atoms with Crippen LogP contribution >= 0.6 is 0 Å². The fourth-order valence-electron chi connectivity index (χ4n) is 2.53. The first-order valence-corrected chi connectivity index (χ1v) is 7.89. The second-order valence-corrected chi connectivity index (χ2v) is 5.54. The van der Waals surface area contributed by atoms with Crippen molar-refractivity contribution in [3.63, 3.8) is 0 Å². The van der Waals surface area contributed by atoms with Crippen molar-refractivity contribution in [3.8, 4) is 0 Å². The molecule has 3 rings (SSSR count). The number of carbonyl (C=O) groups excluding carboxylic acids is 2. The fraction of sp³-hybridized carbons (Fsp3) is 0.222. The van der Waals surface area contributed by atoms with Crippen LogP contribution < -0.4 is 10.6 Å². The van der Waals surface area contributed by atoms with E-state index in [1.54, 1.807) is 53.6 Å². The van der Waals surface area contributed by atoms with E-state index < -0.39 is 0 Å². The summed E-state index contributed by atoms with van der Waals surface area (Å²) in [6.45, 7) is 1.58. The molecule has 0 saturated carbocycles. The third kappa shape index (κ3) is 4.25. The first kappa shape index (κ1) is 15.9. The van der Waals surface area contributed by atoms with Crippen LogP contribution in [-0.2, 0) is 4.79 Å². The van der Waals surface area contributed by atoms with Crippen LogP contribution in [0.5, 0.6) is 0 Å². The van der Waals surface area contributed by atoms with Gasteiger partial charge in [0.25, 0.3) is 0 Å². The third-order valence-electron chi connectivity index (χ3n) is 3.72. The molecule has 6 heteroatoms. The van der Waals surface area contributed by atoms with Gasteiger partial charge in [-0.15, -0.1) is 0 Å². The van der Waals surface area contributed by atoms with Gasteiger partial charge >= 0.3 is 6.03 Å². The van der Waals surface area contributed by atoms with E-state index in [0.717, 1.165) is 25.9 Å². The van der Waals surface area contributed by atoms with E-state index >= 15 is 0 Å². The number of rotatable bonds is 4. The third-order valence-corrected chi connectivity index (χ3v) is 3.72. The second-order valence-electron chi connectivity index (χ2n) is 5.54. The Morgan fingerprint density at radius 2 is 1.79 bits per heavy atom. The van der Waals surface area contributed by atoms with Gasteiger partial charge in [0.2, 0.25) is 5.91 Å². The number of furan rings is 1. The van der Waals surface area contributed by atoms with E-state index in [9.17, 15) is 9.59 Å². The van der Waals surface area contributed by atoms with Gasteiger partial charge < -0.3 is 20.0 Å². The van der Waals surface area contributed by atoms with Gasteiger partial charge in [-0.25, -0.2) is 4.79 Å². The Morgan fingerprint density at radius 1 is 1.04 bits per heavy atom. The SMILES string of the molecule is O=C(/C=C/c1ccco1)Nc1cccc(NC(=O)N2CCCC2)c1. The standard InChI is InChI=1S/C18H19N3O3/c22-17(9-8-16-7-4-12-24-16)19-14-5-3-6-15(13-14)20-18(23)21-10-1-2-11-21/h3-9,12-13H,1-2,10-11H2,(H,19,22)(H,20,23)/b9-8+.